The molecule has 0 radical (unpaired) electrons. The van der Waals surface area contributed by atoms with Gasteiger partial charge in [0.1, 0.15) is 6.10 Å². The molecule has 4 nitrogen and oxygen atoms in total. The van der Waals surface area contributed by atoms with Crippen molar-refractivity contribution in [3.63, 3.8) is 0 Å². The van der Waals surface area contributed by atoms with E-state index in [1.54, 1.807) is 6.08 Å². The molecule has 2 aliphatic carbocycles. The summed E-state index contributed by atoms with van der Waals surface area (Å²) < 4.78 is 5.70. The summed E-state index contributed by atoms with van der Waals surface area (Å²) >= 11 is 0. The zero-order valence-corrected chi connectivity index (χ0v) is 17.0. The van der Waals surface area contributed by atoms with Crippen molar-refractivity contribution in [1.29, 1.82) is 0 Å². The van der Waals surface area contributed by atoms with Crippen LogP contribution in [0.2, 0.25) is 0 Å². The number of hydrogen-bond donors (Lipinski definition) is 2. The van der Waals surface area contributed by atoms with E-state index >= 15 is 0 Å². The first-order chi connectivity index (χ1) is 11.9. The van der Waals surface area contributed by atoms with Gasteiger partial charge in [-0.2, -0.15) is 0 Å². The molecular formula is C22H36O4. The Hall–Kier alpha value is -1.13. The van der Waals surface area contributed by atoms with E-state index in [-0.39, 0.29) is 23.2 Å². The molecular weight excluding hydrogens is 328 g/mol. The van der Waals surface area contributed by atoms with Gasteiger partial charge >= 0.3 is 5.97 Å². The molecule has 0 spiro atoms. The molecule has 0 bridgehead atoms. The van der Waals surface area contributed by atoms with E-state index in [9.17, 15) is 15.0 Å². The van der Waals surface area contributed by atoms with E-state index in [1.807, 2.05) is 6.92 Å². The minimum atomic E-state index is -0.939. The Morgan fingerprint density at radius 2 is 1.92 bits per heavy atom. The van der Waals surface area contributed by atoms with E-state index in [1.165, 1.54) is 6.92 Å². The van der Waals surface area contributed by atoms with E-state index < -0.39 is 23.2 Å². The summed E-state index contributed by atoms with van der Waals surface area (Å²) in [6, 6.07) is 0. The van der Waals surface area contributed by atoms with Crippen LogP contribution in [0.5, 0.6) is 0 Å². The highest BCUT2D eigenvalue weighted by Crippen LogP contribution is 2.63. The van der Waals surface area contributed by atoms with Gasteiger partial charge in [-0.15, -0.1) is 0 Å². The molecule has 0 aromatic heterocycles. The highest BCUT2D eigenvalue weighted by molar-refractivity contribution is 5.66. The molecule has 0 heterocycles. The van der Waals surface area contributed by atoms with E-state index in [4.69, 9.17) is 4.74 Å². The number of fused-ring (bicyclic) bond motifs is 1. The van der Waals surface area contributed by atoms with Crippen LogP contribution in [-0.4, -0.2) is 34.0 Å². The summed E-state index contributed by atoms with van der Waals surface area (Å²) in [4.78, 5) is 11.7. The fourth-order valence-corrected chi connectivity index (χ4v) is 6.10. The molecule has 0 aromatic carbocycles. The first kappa shape index (κ1) is 21.2. The van der Waals surface area contributed by atoms with Gasteiger partial charge < -0.3 is 14.9 Å². The first-order valence-electron chi connectivity index (χ1n) is 9.74. The first-order valence-corrected chi connectivity index (χ1v) is 9.74. The third-order valence-electron chi connectivity index (χ3n) is 7.22. The second kappa shape index (κ2) is 7.12. The van der Waals surface area contributed by atoms with Crippen LogP contribution in [0, 0.1) is 22.7 Å². The van der Waals surface area contributed by atoms with Gasteiger partial charge in [0.2, 0.25) is 0 Å². The summed E-state index contributed by atoms with van der Waals surface area (Å²) in [5.41, 5.74) is -0.590. The lowest BCUT2D eigenvalue weighted by Gasteiger charge is -2.64. The number of esters is 1. The SMILES string of the molecule is C=CC(=C)CC[C@@H]1[C@]2(C)CC[C@@H](O)C(C)(C)[C@@H]2[C@H](OC(C)=O)C[C@]1(C)O. The highest BCUT2D eigenvalue weighted by atomic mass is 16.5. The fourth-order valence-electron chi connectivity index (χ4n) is 6.10. The Balaban J connectivity index is 2.47. The van der Waals surface area contributed by atoms with Gasteiger partial charge in [-0.1, -0.05) is 45.6 Å². The van der Waals surface area contributed by atoms with Crippen LogP contribution in [0.4, 0.5) is 0 Å². The number of aliphatic hydroxyl groups excluding tert-OH is 1. The van der Waals surface area contributed by atoms with Crippen molar-refractivity contribution in [3.05, 3.63) is 24.8 Å². The van der Waals surface area contributed by atoms with Crippen LogP contribution in [0.3, 0.4) is 0 Å². The maximum absolute atomic E-state index is 11.7. The van der Waals surface area contributed by atoms with Crippen molar-refractivity contribution in [2.24, 2.45) is 22.7 Å². The lowest BCUT2D eigenvalue weighted by molar-refractivity contribution is -0.242. The third kappa shape index (κ3) is 3.63. The van der Waals surface area contributed by atoms with Crippen molar-refractivity contribution >= 4 is 5.97 Å². The number of carbonyl (C=O) groups excluding carboxylic acids is 1. The summed E-state index contributed by atoms with van der Waals surface area (Å²) in [6.07, 6.45) is 4.43. The number of ether oxygens (including phenoxy) is 1. The van der Waals surface area contributed by atoms with Crippen LogP contribution in [0.25, 0.3) is 0 Å². The molecule has 2 rings (SSSR count). The lowest BCUT2D eigenvalue weighted by Crippen LogP contribution is -2.66. The summed E-state index contributed by atoms with van der Waals surface area (Å²) in [6.45, 7) is 17.4. The van der Waals surface area contributed by atoms with Crippen LogP contribution in [0.15, 0.2) is 24.8 Å². The largest absolute Gasteiger partial charge is 0.462 e. The molecule has 2 aliphatic rings. The number of rotatable bonds is 5. The van der Waals surface area contributed by atoms with Gasteiger partial charge in [-0.05, 0) is 49.4 Å². The Bertz CT molecular complexity index is 577. The second-order valence-electron chi connectivity index (χ2n) is 9.52. The number of hydrogen-bond acceptors (Lipinski definition) is 4. The number of allylic oxidation sites excluding steroid dienone is 2. The van der Waals surface area contributed by atoms with Gasteiger partial charge in [-0.3, -0.25) is 4.79 Å². The van der Waals surface area contributed by atoms with Crippen molar-refractivity contribution in [1.82, 2.24) is 0 Å². The van der Waals surface area contributed by atoms with Crippen molar-refractivity contribution < 1.29 is 19.7 Å². The second-order valence-corrected chi connectivity index (χ2v) is 9.52. The smallest absolute Gasteiger partial charge is 0.302 e. The van der Waals surface area contributed by atoms with E-state index in [0.29, 0.717) is 12.8 Å². The van der Waals surface area contributed by atoms with E-state index in [0.717, 1.165) is 24.8 Å². The standard InChI is InChI=1S/C22H36O4/c1-8-14(2)9-10-17-21(6)12-11-18(24)20(4,5)19(21)16(26-15(3)23)13-22(17,7)25/h8,16-19,24-25H,1-2,9-13H2,3-7H3/t16-,17-,18-,19+,21+,22+/m1/s1. The molecule has 2 fully saturated rings. The predicted molar refractivity (Wildman–Crippen MR) is 103 cm³/mol. The van der Waals surface area contributed by atoms with Crippen LogP contribution >= 0.6 is 0 Å². The number of carbonyl (C=O) groups is 1. The summed E-state index contributed by atoms with van der Waals surface area (Å²) in [5.74, 6) is -0.303. The summed E-state index contributed by atoms with van der Waals surface area (Å²) in [5, 5.41) is 22.0. The molecule has 2 saturated carbocycles. The van der Waals surface area contributed by atoms with Crippen molar-refractivity contribution in [3.8, 4) is 0 Å². The molecule has 148 valence electrons. The van der Waals surface area contributed by atoms with Gasteiger partial charge in [0.15, 0.2) is 0 Å². The molecule has 0 amide bonds. The monoisotopic (exact) mass is 364 g/mol. The maximum Gasteiger partial charge on any atom is 0.302 e. The quantitative estimate of drug-likeness (QED) is 0.571. The zero-order valence-electron chi connectivity index (χ0n) is 17.0. The van der Waals surface area contributed by atoms with Crippen LogP contribution < -0.4 is 0 Å². The maximum atomic E-state index is 11.7. The topological polar surface area (TPSA) is 66.8 Å². The molecule has 0 unspecified atom stereocenters. The number of aliphatic hydroxyl groups is 2. The van der Waals surface area contributed by atoms with Gasteiger partial charge in [0.05, 0.1) is 11.7 Å². The normalized spacial score (nSPS) is 41.8. The molecule has 26 heavy (non-hydrogen) atoms. The van der Waals surface area contributed by atoms with Crippen molar-refractivity contribution in [2.75, 3.05) is 0 Å². The van der Waals surface area contributed by atoms with E-state index in [2.05, 4.69) is 33.9 Å². The fraction of sp³-hybridized carbons (Fsp3) is 0.773. The van der Waals surface area contributed by atoms with Gasteiger partial charge in [-0.25, -0.2) is 0 Å². The van der Waals surface area contributed by atoms with Crippen molar-refractivity contribution in [2.45, 2.75) is 84.5 Å². The lowest BCUT2D eigenvalue weighted by atomic mass is 9.43. The highest BCUT2D eigenvalue weighted by Gasteiger charge is 2.64. The predicted octanol–water partition coefficient (Wildman–Crippen LogP) is 4.01. The molecule has 0 saturated heterocycles. The minimum Gasteiger partial charge on any atom is -0.462 e. The van der Waals surface area contributed by atoms with Gasteiger partial charge in [0, 0.05) is 19.3 Å². The Labute approximate surface area is 158 Å². The zero-order chi connectivity index (χ0) is 19.9. The summed E-state index contributed by atoms with van der Waals surface area (Å²) in [7, 11) is 0. The molecule has 2 N–H and O–H groups in total. The van der Waals surface area contributed by atoms with Gasteiger partial charge in [0.25, 0.3) is 0 Å². The molecule has 4 heteroatoms. The Morgan fingerprint density at radius 3 is 2.46 bits per heavy atom. The third-order valence-corrected chi connectivity index (χ3v) is 7.22. The van der Waals surface area contributed by atoms with Crippen LogP contribution in [-0.2, 0) is 9.53 Å². The average Bonchev–Trinajstić information content (AvgIpc) is 2.48. The molecule has 0 aromatic rings. The van der Waals surface area contributed by atoms with Crippen LogP contribution in [0.1, 0.15) is 66.7 Å². The average molecular weight is 365 g/mol. The Morgan fingerprint density at radius 1 is 1.31 bits per heavy atom. The minimum absolute atomic E-state index is 0.00938. The Kier molecular flexibility index (Phi) is 5.80. The molecule has 6 atom stereocenters. The molecule has 0 aliphatic heterocycles.